The van der Waals surface area contributed by atoms with Crippen LogP contribution < -0.4 is 11.2 Å². The summed E-state index contributed by atoms with van der Waals surface area (Å²) in [6.45, 7) is 4.23. The van der Waals surface area contributed by atoms with Gasteiger partial charge in [0, 0.05) is 37.3 Å². The molecule has 4 atom stereocenters. The normalized spacial score (nSPS) is 15.1. The maximum Gasteiger partial charge on any atom is 0.328 e. The average Bonchev–Trinajstić information content (AvgIpc) is 2.77. The van der Waals surface area contributed by atoms with Gasteiger partial charge in [-0.05, 0) is 24.3 Å². The highest BCUT2D eigenvalue weighted by atomic mass is 32.1. The molecule has 0 saturated heterocycles. The molecular weight excluding hydrogens is 414 g/mol. The number of aliphatic hydroxyl groups excluding tert-OH is 1. The van der Waals surface area contributed by atoms with Crippen LogP contribution in [0.4, 0.5) is 0 Å². The first kappa shape index (κ1) is 27.4. The van der Waals surface area contributed by atoms with Gasteiger partial charge >= 0.3 is 5.97 Å². The highest BCUT2D eigenvalue weighted by molar-refractivity contribution is 7.80. The molecule has 1 aromatic carbocycles. The van der Waals surface area contributed by atoms with Gasteiger partial charge in [-0.25, -0.2) is 10.2 Å². The number of hydrogen-bond acceptors (Lipinski definition) is 6. The molecule has 1 rings (SSSR count). The van der Waals surface area contributed by atoms with E-state index in [-0.39, 0.29) is 37.4 Å². The number of amides is 1. The van der Waals surface area contributed by atoms with Crippen LogP contribution in [0.5, 0.6) is 0 Å². The Balaban J connectivity index is 3.10. The van der Waals surface area contributed by atoms with E-state index < -0.39 is 12.0 Å². The molecule has 1 amide bonds. The van der Waals surface area contributed by atoms with E-state index in [0.717, 1.165) is 24.8 Å². The van der Waals surface area contributed by atoms with Crippen molar-refractivity contribution in [3.63, 3.8) is 0 Å². The van der Waals surface area contributed by atoms with Gasteiger partial charge in [-0.15, -0.1) is 0 Å². The van der Waals surface area contributed by atoms with E-state index in [9.17, 15) is 19.8 Å². The molecule has 0 aliphatic carbocycles. The number of rotatable bonds is 16. The first-order valence-electron chi connectivity index (χ1n) is 11.1. The minimum Gasteiger partial charge on any atom is -0.480 e. The minimum absolute atomic E-state index is 0.0604. The molecule has 2 unspecified atom stereocenters. The maximum absolute atomic E-state index is 13.6. The van der Waals surface area contributed by atoms with Gasteiger partial charge in [0.25, 0.3) is 0 Å². The molecule has 0 saturated carbocycles. The number of carboxylic acid groups (broad SMARTS) is 1. The van der Waals surface area contributed by atoms with Gasteiger partial charge < -0.3 is 15.9 Å². The van der Waals surface area contributed by atoms with Gasteiger partial charge in [0.2, 0.25) is 5.91 Å². The summed E-state index contributed by atoms with van der Waals surface area (Å²) in [4.78, 5) is 25.5. The smallest absolute Gasteiger partial charge is 0.328 e. The molecule has 8 heteroatoms. The van der Waals surface area contributed by atoms with Crippen LogP contribution in [0.2, 0.25) is 0 Å². The molecule has 7 nitrogen and oxygen atoms in total. The molecule has 0 heterocycles. The lowest BCUT2D eigenvalue weighted by atomic mass is 9.90. The van der Waals surface area contributed by atoms with Crippen LogP contribution in [-0.2, 0) is 16.0 Å². The summed E-state index contributed by atoms with van der Waals surface area (Å²) in [6, 6.07) is 8.25. The largest absolute Gasteiger partial charge is 0.480 e. The molecule has 0 aliphatic rings. The van der Waals surface area contributed by atoms with Crippen LogP contribution in [-0.4, -0.2) is 58.1 Å². The fourth-order valence-corrected chi connectivity index (χ4v) is 3.56. The Morgan fingerprint density at radius 3 is 2.42 bits per heavy atom. The third-order valence-electron chi connectivity index (χ3n) is 5.62. The SMILES string of the molecule is CC[C@H](C)CCCC(Cc1ccccc1)C(=O)N(NCC(N)CS)[C@H](CCO)C(=O)O. The van der Waals surface area contributed by atoms with Crippen molar-refractivity contribution >= 4 is 24.5 Å². The van der Waals surface area contributed by atoms with Crippen LogP contribution in [0.25, 0.3) is 0 Å². The maximum atomic E-state index is 13.6. The number of benzene rings is 1. The Morgan fingerprint density at radius 2 is 1.87 bits per heavy atom. The number of carbonyl (C=O) groups is 2. The second-order valence-corrected chi connectivity index (χ2v) is 8.58. The number of hydrogen-bond donors (Lipinski definition) is 5. The highest BCUT2D eigenvalue weighted by Crippen LogP contribution is 2.22. The lowest BCUT2D eigenvalue weighted by molar-refractivity contribution is -0.156. The molecule has 0 radical (unpaired) electrons. The van der Waals surface area contributed by atoms with Crippen LogP contribution in [0.3, 0.4) is 0 Å². The van der Waals surface area contributed by atoms with Gasteiger partial charge in [0.1, 0.15) is 6.04 Å². The topological polar surface area (TPSA) is 116 Å². The highest BCUT2D eigenvalue weighted by Gasteiger charge is 2.33. The number of nitrogens with two attached hydrogens (primary N) is 1. The van der Waals surface area contributed by atoms with Crippen LogP contribution in [0.1, 0.15) is 51.5 Å². The molecule has 5 N–H and O–H groups in total. The minimum atomic E-state index is -1.17. The second-order valence-electron chi connectivity index (χ2n) is 8.21. The fraction of sp³-hybridized carbons (Fsp3) is 0.652. The Bertz CT molecular complexity index is 647. The standard InChI is InChI=1S/C23H39N3O4S/c1-3-17(2)8-7-11-19(14-18-9-5-4-6-10-18)22(28)26(25-15-20(24)16-31)21(12-13-27)23(29)30/h4-6,9-10,17,19-21,25,27,31H,3,7-8,11-16,24H2,1-2H3,(H,29,30)/t17-,19?,20?,21+/m0/s1. The number of carboxylic acids is 1. The van der Waals surface area contributed by atoms with Crippen molar-refractivity contribution < 1.29 is 19.8 Å². The molecule has 176 valence electrons. The summed E-state index contributed by atoms with van der Waals surface area (Å²) in [5, 5.41) is 20.3. The molecule has 31 heavy (non-hydrogen) atoms. The van der Waals surface area contributed by atoms with Gasteiger partial charge in [-0.2, -0.15) is 12.6 Å². The Kier molecular flexibility index (Phi) is 13.5. The quantitative estimate of drug-likeness (QED) is 0.194. The number of hydrazine groups is 1. The zero-order valence-corrected chi connectivity index (χ0v) is 19.6. The molecular formula is C23H39N3O4S. The molecule has 0 spiro atoms. The van der Waals surface area contributed by atoms with Crippen LogP contribution >= 0.6 is 12.6 Å². The van der Waals surface area contributed by atoms with Crippen molar-refractivity contribution in [1.29, 1.82) is 0 Å². The van der Waals surface area contributed by atoms with E-state index in [4.69, 9.17) is 5.73 Å². The molecule has 0 aliphatic heterocycles. The molecule has 0 fully saturated rings. The third-order valence-corrected chi connectivity index (χ3v) is 6.08. The predicted molar refractivity (Wildman–Crippen MR) is 127 cm³/mol. The summed E-state index contributed by atoms with van der Waals surface area (Å²) in [5.74, 6) is -0.828. The number of nitrogens with zero attached hydrogens (tertiary/aromatic N) is 1. The lowest BCUT2D eigenvalue weighted by Crippen LogP contribution is -2.57. The Hall–Kier alpha value is -1.61. The van der Waals surface area contributed by atoms with E-state index in [1.54, 1.807) is 0 Å². The number of nitrogens with one attached hydrogen (secondary N) is 1. The first-order valence-corrected chi connectivity index (χ1v) is 11.8. The predicted octanol–water partition coefficient (Wildman–Crippen LogP) is 2.49. The number of aliphatic carboxylic acids is 1. The van der Waals surface area contributed by atoms with Gasteiger partial charge in [-0.3, -0.25) is 9.80 Å². The molecule has 0 bridgehead atoms. The number of carbonyl (C=O) groups excluding carboxylic acids is 1. The average molecular weight is 454 g/mol. The van der Waals surface area contributed by atoms with Gasteiger partial charge in [0.05, 0.1) is 0 Å². The van der Waals surface area contributed by atoms with E-state index >= 15 is 0 Å². The Labute approximate surface area is 191 Å². The lowest BCUT2D eigenvalue weighted by Gasteiger charge is -2.33. The number of thiol groups is 1. The molecule has 1 aromatic rings. The summed E-state index contributed by atoms with van der Waals surface area (Å²) < 4.78 is 0. The van der Waals surface area contributed by atoms with Crippen LogP contribution in [0, 0.1) is 11.8 Å². The van der Waals surface area contributed by atoms with Crippen molar-refractivity contribution in [1.82, 2.24) is 10.4 Å². The fourth-order valence-electron chi connectivity index (χ4n) is 3.43. The first-order chi connectivity index (χ1) is 14.8. The zero-order chi connectivity index (χ0) is 23.2. The second kappa shape index (κ2) is 15.2. The van der Waals surface area contributed by atoms with E-state index in [1.165, 1.54) is 5.01 Å². The van der Waals surface area contributed by atoms with Gasteiger partial charge in [0.15, 0.2) is 0 Å². The molecule has 0 aromatic heterocycles. The van der Waals surface area contributed by atoms with Crippen molar-refractivity contribution in [2.75, 3.05) is 18.9 Å². The van der Waals surface area contributed by atoms with Gasteiger partial charge in [-0.1, -0.05) is 63.4 Å². The van der Waals surface area contributed by atoms with Crippen molar-refractivity contribution in [3.8, 4) is 0 Å². The van der Waals surface area contributed by atoms with E-state index in [2.05, 4.69) is 31.9 Å². The number of aliphatic hydroxyl groups is 1. The Morgan fingerprint density at radius 1 is 1.19 bits per heavy atom. The summed E-state index contributed by atoms with van der Waals surface area (Å²) in [7, 11) is 0. The third kappa shape index (κ3) is 10.0. The van der Waals surface area contributed by atoms with Crippen molar-refractivity contribution in [3.05, 3.63) is 35.9 Å². The van der Waals surface area contributed by atoms with E-state index in [1.807, 2.05) is 30.3 Å². The summed E-state index contributed by atoms with van der Waals surface area (Å²) >= 11 is 4.16. The van der Waals surface area contributed by atoms with Crippen LogP contribution in [0.15, 0.2) is 30.3 Å². The van der Waals surface area contributed by atoms with Crippen molar-refractivity contribution in [2.24, 2.45) is 17.6 Å². The monoisotopic (exact) mass is 453 g/mol. The summed E-state index contributed by atoms with van der Waals surface area (Å²) in [5.41, 5.74) is 9.89. The van der Waals surface area contributed by atoms with Crippen molar-refractivity contribution in [2.45, 2.75) is 64.5 Å². The summed E-state index contributed by atoms with van der Waals surface area (Å²) in [6.07, 6.45) is 4.13. The van der Waals surface area contributed by atoms with E-state index in [0.29, 0.717) is 24.5 Å². The zero-order valence-electron chi connectivity index (χ0n) is 18.7.